The molecule has 0 saturated carbocycles. The molecule has 0 radical (unpaired) electrons. The number of nitrogens with two attached hydrogens (primary N) is 1. The lowest BCUT2D eigenvalue weighted by atomic mass is 10.1. The number of hydrogen-bond donors (Lipinski definition) is 3. The van der Waals surface area contributed by atoms with E-state index in [2.05, 4.69) is 5.32 Å². The fourth-order valence-electron chi connectivity index (χ4n) is 1.64. The van der Waals surface area contributed by atoms with Crippen molar-refractivity contribution in [2.75, 3.05) is 13.6 Å². The van der Waals surface area contributed by atoms with Gasteiger partial charge < -0.3 is 16.2 Å². The zero-order valence-corrected chi connectivity index (χ0v) is 10.2. The van der Waals surface area contributed by atoms with Gasteiger partial charge in [-0.05, 0) is 19.0 Å². The summed E-state index contributed by atoms with van der Waals surface area (Å²) < 4.78 is 0. The Morgan fingerprint density at radius 3 is 2.44 bits per heavy atom. The Balaban J connectivity index is 2.67. The number of urea groups is 1. The second-order valence-electron chi connectivity index (χ2n) is 3.91. The summed E-state index contributed by atoms with van der Waals surface area (Å²) in [5.41, 5.74) is 6.07. The zero-order valence-electron chi connectivity index (χ0n) is 10.2. The molecular weight excluding hydrogens is 234 g/mol. The summed E-state index contributed by atoms with van der Waals surface area (Å²) >= 11 is 0. The van der Waals surface area contributed by atoms with Crippen LogP contribution in [0.2, 0.25) is 0 Å². The van der Waals surface area contributed by atoms with Crippen LogP contribution in [0.4, 0.5) is 9.59 Å². The molecule has 0 saturated heterocycles. The molecule has 18 heavy (non-hydrogen) atoms. The van der Waals surface area contributed by atoms with Gasteiger partial charge in [-0.1, -0.05) is 30.3 Å². The number of rotatable bonds is 5. The van der Waals surface area contributed by atoms with Crippen molar-refractivity contribution in [3.63, 3.8) is 0 Å². The Hall–Kier alpha value is -2.08. The van der Waals surface area contributed by atoms with Gasteiger partial charge in [0.25, 0.3) is 0 Å². The number of nitrogens with one attached hydrogen (secondary N) is 1. The highest BCUT2D eigenvalue weighted by Gasteiger charge is 2.21. The van der Waals surface area contributed by atoms with Gasteiger partial charge in [-0.15, -0.1) is 0 Å². The minimum absolute atomic E-state index is 0.0239. The maximum absolute atomic E-state index is 11.0. The number of carboxylic acid groups (broad SMARTS) is 1. The van der Waals surface area contributed by atoms with E-state index in [0.717, 1.165) is 5.56 Å². The molecule has 98 valence electrons. The summed E-state index contributed by atoms with van der Waals surface area (Å²) in [6.45, 7) is 0.0239. The van der Waals surface area contributed by atoms with Crippen LogP contribution in [0.1, 0.15) is 5.56 Å². The molecule has 4 N–H and O–H groups in total. The Morgan fingerprint density at radius 2 is 2.00 bits per heavy atom. The molecule has 6 heteroatoms. The summed E-state index contributed by atoms with van der Waals surface area (Å²) in [4.78, 5) is 22.4. The molecule has 1 rings (SSSR count). The van der Waals surface area contributed by atoms with E-state index in [1.807, 2.05) is 30.3 Å². The first-order valence-corrected chi connectivity index (χ1v) is 5.55. The van der Waals surface area contributed by atoms with E-state index in [9.17, 15) is 9.59 Å². The predicted octanol–water partition coefficient (Wildman–Crippen LogP) is 0.876. The fourth-order valence-corrected chi connectivity index (χ4v) is 1.64. The zero-order chi connectivity index (χ0) is 13.5. The summed E-state index contributed by atoms with van der Waals surface area (Å²) in [5.74, 6) is 0. The molecule has 0 aromatic heterocycles. The van der Waals surface area contributed by atoms with E-state index in [-0.39, 0.29) is 12.6 Å². The lowest BCUT2D eigenvalue weighted by Gasteiger charge is -2.22. The quantitative estimate of drug-likeness (QED) is 0.723. The van der Waals surface area contributed by atoms with Crippen LogP contribution >= 0.6 is 0 Å². The van der Waals surface area contributed by atoms with Crippen molar-refractivity contribution in [2.45, 2.75) is 12.5 Å². The topological polar surface area (TPSA) is 95.7 Å². The van der Waals surface area contributed by atoms with Gasteiger partial charge in [0, 0.05) is 12.6 Å². The lowest BCUT2D eigenvalue weighted by molar-refractivity contribution is 0.147. The fraction of sp³-hybridized carbons (Fsp3) is 0.333. The minimum Gasteiger partial charge on any atom is -0.465 e. The summed E-state index contributed by atoms with van der Waals surface area (Å²) in [5, 5.41) is 11.8. The number of carbonyl (C=O) groups excluding carboxylic acids is 1. The SMILES string of the molecule is CNC(Cc1ccccc1)CN(C(N)=O)C(=O)O. The Bertz CT molecular complexity index is 394. The van der Waals surface area contributed by atoms with E-state index in [1.165, 1.54) is 0 Å². The van der Waals surface area contributed by atoms with E-state index < -0.39 is 12.1 Å². The maximum Gasteiger partial charge on any atom is 0.415 e. The number of primary amides is 1. The molecule has 0 aliphatic carbocycles. The molecule has 1 aromatic rings. The van der Waals surface area contributed by atoms with Crippen LogP contribution in [0.5, 0.6) is 0 Å². The molecule has 0 heterocycles. The molecule has 3 amide bonds. The van der Waals surface area contributed by atoms with Crippen LogP contribution in [0.25, 0.3) is 0 Å². The van der Waals surface area contributed by atoms with Crippen LogP contribution in [0, 0.1) is 0 Å². The van der Waals surface area contributed by atoms with Gasteiger partial charge >= 0.3 is 12.1 Å². The molecule has 0 spiro atoms. The van der Waals surface area contributed by atoms with Gasteiger partial charge in [0.15, 0.2) is 0 Å². The Morgan fingerprint density at radius 1 is 1.39 bits per heavy atom. The van der Waals surface area contributed by atoms with Crippen molar-refractivity contribution in [1.29, 1.82) is 0 Å². The molecule has 0 fully saturated rings. The van der Waals surface area contributed by atoms with Crippen LogP contribution in [0.3, 0.4) is 0 Å². The molecular formula is C12H17N3O3. The van der Waals surface area contributed by atoms with Crippen molar-refractivity contribution >= 4 is 12.1 Å². The second-order valence-corrected chi connectivity index (χ2v) is 3.91. The number of hydrogen-bond acceptors (Lipinski definition) is 3. The van der Waals surface area contributed by atoms with Crippen molar-refractivity contribution in [2.24, 2.45) is 5.73 Å². The standard InChI is InChI=1S/C12H17N3O3/c1-14-10(7-9-5-3-2-4-6-9)8-15(11(13)16)12(17)18/h2-6,10,14H,7-8H2,1H3,(H2,13,16)(H,17,18). The monoisotopic (exact) mass is 251 g/mol. The van der Waals surface area contributed by atoms with E-state index >= 15 is 0 Å². The van der Waals surface area contributed by atoms with Gasteiger partial charge in [-0.25, -0.2) is 14.5 Å². The minimum atomic E-state index is -1.34. The molecule has 0 aliphatic rings. The third kappa shape index (κ3) is 4.06. The summed E-state index contributed by atoms with van der Waals surface area (Å²) in [7, 11) is 1.72. The first-order chi connectivity index (χ1) is 8.54. The number of nitrogens with zero attached hydrogens (tertiary/aromatic N) is 1. The lowest BCUT2D eigenvalue weighted by Crippen LogP contribution is -2.48. The molecule has 0 bridgehead atoms. The third-order valence-electron chi connectivity index (χ3n) is 2.63. The average Bonchev–Trinajstić information content (AvgIpc) is 2.34. The van der Waals surface area contributed by atoms with E-state index in [4.69, 9.17) is 10.8 Å². The number of amides is 3. The largest absolute Gasteiger partial charge is 0.465 e. The third-order valence-corrected chi connectivity index (χ3v) is 2.63. The second kappa shape index (κ2) is 6.61. The Kier molecular flexibility index (Phi) is 5.13. The number of likely N-dealkylation sites (N-methyl/N-ethyl adjacent to an activating group) is 1. The van der Waals surface area contributed by atoms with Crippen LogP contribution < -0.4 is 11.1 Å². The van der Waals surface area contributed by atoms with Crippen molar-refractivity contribution in [3.05, 3.63) is 35.9 Å². The maximum atomic E-state index is 11.0. The van der Waals surface area contributed by atoms with Gasteiger partial charge in [-0.3, -0.25) is 0 Å². The van der Waals surface area contributed by atoms with Crippen molar-refractivity contribution in [3.8, 4) is 0 Å². The van der Waals surface area contributed by atoms with Gasteiger partial charge in [0.2, 0.25) is 0 Å². The summed E-state index contributed by atoms with van der Waals surface area (Å²) in [6, 6.07) is 8.48. The summed E-state index contributed by atoms with van der Waals surface area (Å²) in [6.07, 6.45) is -0.718. The van der Waals surface area contributed by atoms with E-state index in [0.29, 0.717) is 11.3 Å². The first-order valence-electron chi connectivity index (χ1n) is 5.55. The van der Waals surface area contributed by atoms with Crippen LogP contribution in [-0.2, 0) is 6.42 Å². The smallest absolute Gasteiger partial charge is 0.415 e. The molecule has 1 unspecified atom stereocenters. The highest BCUT2D eigenvalue weighted by Crippen LogP contribution is 2.05. The van der Waals surface area contributed by atoms with E-state index in [1.54, 1.807) is 7.05 Å². The van der Waals surface area contributed by atoms with Crippen molar-refractivity contribution < 1.29 is 14.7 Å². The number of imide groups is 1. The van der Waals surface area contributed by atoms with Crippen molar-refractivity contribution in [1.82, 2.24) is 10.2 Å². The van der Waals surface area contributed by atoms with Gasteiger partial charge in [0.05, 0.1) is 0 Å². The Labute approximate surface area is 105 Å². The highest BCUT2D eigenvalue weighted by molar-refractivity contribution is 5.88. The normalized spacial score (nSPS) is 11.8. The first kappa shape index (κ1) is 14.0. The molecule has 6 nitrogen and oxygen atoms in total. The number of carbonyl (C=O) groups is 2. The molecule has 1 atom stereocenters. The van der Waals surface area contributed by atoms with Crippen LogP contribution in [-0.4, -0.2) is 41.8 Å². The highest BCUT2D eigenvalue weighted by atomic mass is 16.4. The van der Waals surface area contributed by atoms with Crippen LogP contribution in [0.15, 0.2) is 30.3 Å². The average molecular weight is 251 g/mol. The van der Waals surface area contributed by atoms with Gasteiger partial charge in [0.1, 0.15) is 0 Å². The molecule has 1 aromatic carbocycles. The predicted molar refractivity (Wildman–Crippen MR) is 67.3 cm³/mol. The number of benzene rings is 1. The molecule has 0 aliphatic heterocycles. The van der Waals surface area contributed by atoms with Gasteiger partial charge in [-0.2, -0.15) is 0 Å².